The van der Waals surface area contributed by atoms with Gasteiger partial charge in [-0.1, -0.05) is 12.1 Å². The van der Waals surface area contributed by atoms with Crippen molar-refractivity contribution < 1.29 is 9.18 Å². The van der Waals surface area contributed by atoms with Crippen LogP contribution in [-0.4, -0.2) is 31.5 Å². The zero-order chi connectivity index (χ0) is 17.0. The van der Waals surface area contributed by atoms with Crippen molar-refractivity contribution in [3.05, 3.63) is 53.0 Å². The first-order valence-electron chi connectivity index (χ1n) is 8.01. The minimum Gasteiger partial charge on any atom is -0.344 e. The zero-order valence-electron chi connectivity index (χ0n) is 14.0. The second kappa shape index (κ2) is 5.19. The number of nitrogens with zero attached hydrogens (tertiary/aromatic N) is 4. The van der Waals surface area contributed by atoms with Crippen molar-refractivity contribution >= 4 is 16.8 Å². The molecule has 0 radical (unpaired) electrons. The molecule has 1 amide bonds. The molecule has 4 rings (SSSR count). The maximum Gasteiger partial charge on any atom is 0.256 e. The van der Waals surface area contributed by atoms with Crippen LogP contribution in [-0.2, 0) is 27.1 Å². The summed E-state index contributed by atoms with van der Waals surface area (Å²) in [5, 5.41) is 0.694. The molecular formula is C18H19FN4O. The van der Waals surface area contributed by atoms with E-state index in [9.17, 15) is 9.18 Å². The Kier molecular flexibility index (Phi) is 3.23. The van der Waals surface area contributed by atoms with Gasteiger partial charge in [-0.15, -0.1) is 0 Å². The van der Waals surface area contributed by atoms with E-state index in [4.69, 9.17) is 0 Å². The first kappa shape index (κ1) is 14.9. The van der Waals surface area contributed by atoms with Gasteiger partial charge in [0.25, 0.3) is 5.91 Å². The molecule has 3 heterocycles. The van der Waals surface area contributed by atoms with E-state index in [0.717, 1.165) is 23.5 Å². The molecule has 0 unspecified atom stereocenters. The monoisotopic (exact) mass is 326 g/mol. The number of amides is 1. The molecule has 1 aliphatic rings. The van der Waals surface area contributed by atoms with E-state index in [-0.39, 0.29) is 11.7 Å². The molecule has 124 valence electrons. The van der Waals surface area contributed by atoms with Gasteiger partial charge < -0.3 is 14.0 Å². The molecule has 1 aliphatic heterocycles. The van der Waals surface area contributed by atoms with Crippen LogP contribution in [0.3, 0.4) is 0 Å². The molecule has 0 atom stereocenters. The first-order valence-corrected chi connectivity index (χ1v) is 8.01. The van der Waals surface area contributed by atoms with Gasteiger partial charge in [0, 0.05) is 43.8 Å². The average Bonchev–Trinajstić information content (AvgIpc) is 3.03. The fraction of sp³-hybridized carbons (Fsp3) is 0.333. The molecule has 0 N–H and O–H groups in total. The summed E-state index contributed by atoms with van der Waals surface area (Å²) in [7, 11) is 3.77. The summed E-state index contributed by atoms with van der Waals surface area (Å²) in [6.07, 6.45) is 2.48. The van der Waals surface area contributed by atoms with Crippen LogP contribution >= 0.6 is 0 Å². The van der Waals surface area contributed by atoms with Gasteiger partial charge in [-0.05, 0) is 13.0 Å². The summed E-state index contributed by atoms with van der Waals surface area (Å²) in [5.74, 6) is -0.332. The van der Waals surface area contributed by atoms with E-state index in [2.05, 4.69) is 4.98 Å². The van der Waals surface area contributed by atoms with Crippen LogP contribution in [0.2, 0.25) is 0 Å². The molecule has 2 aromatic heterocycles. The Morgan fingerprint density at radius 1 is 1.29 bits per heavy atom. The van der Waals surface area contributed by atoms with E-state index in [1.165, 1.54) is 6.07 Å². The Morgan fingerprint density at radius 2 is 2.08 bits per heavy atom. The third-order valence-corrected chi connectivity index (χ3v) is 5.08. The summed E-state index contributed by atoms with van der Waals surface area (Å²) in [4.78, 5) is 19.2. The van der Waals surface area contributed by atoms with Crippen molar-refractivity contribution in [3.63, 3.8) is 0 Å². The fourth-order valence-corrected chi connectivity index (χ4v) is 3.57. The number of benzene rings is 1. The summed E-state index contributed by atoms with van der Waals surface area (Å²) < 4.78 is 18.0. The van der Waals surface area contributed by atoms with Crippen LogP contribution in [0.15, 0.2) is 24.5 Å². The SMILES string of the molecule is Cc1c(CN2CCc3c(c4cccc(F)c4n3C)C2=O)ncn1C. The third kappa shape index (κ3) is 1.99. The van der Waals surface area contributed by atoms with Gasteiger partial charge in [0.1, 0.15) is 5.82 Å². The maximum atomic E-state index is 14.2. The quantitative estimate of drug-likeness (QED) is 0.726. The molecule has 0 spiro atoms. The van der Waals surface area contributed by atoms with Crippen molar-refractivity contribution in [1.29, 1.82) is 0 Å². The van der Waals surface area contributed by atoms with Crippen molar-refractivity contribution in [1.82, 2.24) is 19.0 Å². The van der Waals surface area contributed by atoms with Crippen molar-refractivity contribution in [3.8, 4) is 0 Å². The molecule has 5 nitrogen and oxygen atoms in total. The standard InChI is InChI=1S/C18H19FN4O/c1-11-14(20-10-21(11)2)9-23-8-7-15-16(18(23)24)12-5-4-6-13(19)17(12)22(15)3/h4-6,10H,7-9H2,1-3H3. The van der Waals surface area contributed by atoms with Gasteiger partial charge in [-0.3, -0.25) is 4.79 Å². The highest BCUT2D eigenvalue weighted by atomic mass is 19.1. The second-order valence-corrected chi connectivity index (χ2v) is 6.38. The topological polar surface area (TPSA) is 43.1 Å². The smallest absolute Gasteiger partial charge is 0.256 e. The minimum atomic E-state index is -0.288. The molecule has 6 heteroatoms. The molecular weight excluding hydrogens is 307 g/mol. The lowest BCUT2D eigenvalue weighted by Gasteiger charge is -2.27. The number of carbonyl (C=O) groups is 1. The minimum absolute atomic E-state index is 0.0440. The molecule has 24 heavy (non-hydrogen) atoms. The van der Waals surface area contributed by atoms with Crippen LogP contribution in [0.25, 0.3) is 10.9 Å². The predicted molar refractivity (Wildman–Crippen MR) is 89.3 cm³/mol. The molecule has 0 aliphatic carbocycles. The lowest BCUT2D eigenvalue weighted by Crippen LogP contribution is -2.37. The van der Waals surface area contributed by atoms with Crippen LogP contribution in [0.4, 0.5) is 4.39 Å². The van der Waals surface area contributed by atoms with Gasteiger partial charge >= 0.3 is 0 Å². The summed E-state index contributed by atoms with van der Waals surface area (Å²) in [6.45, 7) is 3.10. The van der Waals surface area contributed by atoms with E-state index in [1.54, 1.807) is 12.4 Å². The molecule has 0 saturated heterocycles. The van der Waals surface area contributed by atoms with Gasteiger partial charge in [-0.2, -0.15) is 0 Å². The maximum absolute atomic E-state index is 14.2. The summed E-state index contributed by atoms with van der Waals surface area (Å²) >= 11 is 0. The highest BCUT2D eigenvalue weighted by molar-refractivity contribution is 6.09. The number of rotatable bonds is 2. The first-order chi connectivity index (χ1) is 11.5. The molecule has 0 saturated carbocycles. The Morgan fingerprint density at radius 3 is 2.79 bits per heavy atom. The number of para-hydroxylation sites is 1. The Hall–Kier alpha value is -2.63. The van der Waals surface area contributed by atoms with E-state index < -0.39 is 0 Å². The van der Waals surface area contributed by atoms with E-state index in [1.807, 2.05) is 41.1 Å². The van der Waals surface area contributed by atoms with Gasteiger partial charge in [-0.25, -0.2) is 9.37 Å². The fourth-order valence-electron chi connectivity index (χ4n) is 3.57. The number of imidazole rings is 1. The van der Waals surface area contributed by atoms with Crippen LogP contribution in [0, 0.1) is 12.7 Å². The largest absolute Gasteiger partial charge is 0.344 e. The van der Waals surface area contributed by atoms with Gasteiger partial charge in [0.15, 0.2) is 0 Å². The average molecular weight is 326 g/mol. The van der Waals surface area contributed by atoms with Crippen molar-refractivity contribution in [2.75, 3.05) is 6.54 Å². The van der Waals surface area contributed by atoms with Crippen molar-refractivity contribution in [2.45, 2.75) is 19.9 Å². The van der Waals surface area contributed by atoms with E-state index >= 15 is 0 Å². The summed E-state index contributed by atoms with van der Waals surface area (Å²) in [5.41, 5.74) is 4.01. The van der Waals surface area contributed by atoms with Crippen LogP contribution in [0.1, 0.15) is 27.4 Å². The Balaban J connectivity index is 1.77. The Labute approximate surface area is 139 Å². The number of halogens is 1. The normalized spacial score (nSPS) is 14.5. The van der Waals surface area contributed by atoms with Gasteiger partial charge in [0.05, 0.1) is 29.6 Å². The van der Waals surface area contributed by atoms with Crippen LogP contribution < -0.4 is 0 Å². The lowest BCUT2D eigenvalue weighted by atomic mass is 10.0. The number of carbonyl (C=O) groups excluding carboxylic acids is 1. The van der Waals surface area contributed by atoms with Gasteiger partial charge in [0.2, 0.25) is 0 Å². The zero-order valence-corrected chi connectivity index (χ0v) is 14.0. The highest BCUT2D eigenvalue weighted by Crippen LogP contribution is 2.32. The predicted octanol–water partition coefficient (Wildman–Crippen LogP) is 2.56. The third-order valence-electron chi connectivity index (χ3n) is 5.08. The number of aryl methyl sites for hydroxylation is 2. The highest BCUT2D eigenvalue weighted by Gasteiger charge is 2.31. The molecule has 0 bridgehead atoms. The van der Waals surface area contributed by atoms with E-state index in [0.29, 0.717) is 29.6 Å². The second-order valence-electron chi connectivity index (χ2n) is 6.38. The van der Waals surface area contributed by atoms with Crippen molar-refractivity contribution in [2.24, 2.45) is 14.1 Å². The lowest BCUT2D eigenvalue weighted by molar-refractivity contribution is 0.0725. The number of fused-ring (bicyclic) bond motifs is 3. The number of aromatic nitrogens is 3. The Bertz CT molecular complexity index is 969. The number of hydrogen-bond donors (Lipinski definition) is 0. The molecule has 3 aromatic rings. The number of hydrogen-bond acceptors (Lipinski definition) is 2. The molecule has 1 aromatic carbocycles. The summed E-state index contributed by atoms with van der Waals surface area (Å²) in [6, 6.07) is 4.92. The molecule has 0 fully saturated rings. The van der Waals surface area contributed by atoms with Crippen LogP contribution in [0.5, 0.6) is 0 Å².